The number of rotatable bonds is 7. The molecular weight excluding hydrogens is 404 g/mol. The third kappa shape index (κ3) is 4.80. The fraction of sp³-hybridized carbons (Fsp3) is 1.00. The summed E-state index contributed by atoms with van der Waals surface area (Å²) in [5, 5.41) is 0. The van der Waals surface area contributed by atoms with E-state index >= 15 is 0 Å². The Bertz CT molecular complexity index is 637. The summed E-state index contributed by atoms with van der Waals surface area (Å²) in [6, 6.07) is 0. The van der Waals surface area contributed by atoms with Gasteiger partial charge >= 0.3 is 0 Å². The Morgan fingerprint density at radius 1 is 0.812 bits per heavy atom. The molecule has 1 nitrogen and oxygen atoms in total. The van der Waals surface area contributed by atoms with Crippen molar-refractivity contribution in [3.05, 3.63) is 0 Å². The number of hydrogen-bond acceptors (Lipinski definition) is 1. The van der Waals surface area contributed by atoms with E-state index in [1.54, 1.807) is 6.42 Å². The lowest BCUT2D eigenvalue weighted by atomic mass is 9.44. The fourth-order valence-corrected chi connectivity index (χ4v) is 11.1. The van der Waals surface area contributed by atoms with Crippen molar-refractivity contribution >= 4 is 8.32 Å². The van der Waals surface area contributed by atoms with Crippen LogP contribution in [0.15, 0.2) is 0 Å². The van der Waals surface area contributed by atoms with Gasteiger partial charge in [-0.2, -0.15) is 0 Å². The van der Waals surface area contributed by atoms with Gasteiger partial charge in [-0.15, -0.1) is 0 Å². The SMILES string of the molecule is CC(C)CCC[C@@H](C)[C@H]1CC[C@H]2[C@@H]3CC[C@H]4CC[C@@H](O[Si](C)(C)C)C[C@]4(C)[C@H]3CC[C@]12C. The lowest BCUT2D eigenvalue weighted by Gasteiger charge is -2.61. The molecule has 2 heteroatoms. The lowest BCUT2D eigenvalue weighted by molar-refractivity contribution is -0.130. The maximum atomic E-state index is 6.72. The predicted octanol–water partition coefficient (Wildman–Crippen LogP) is 9.33. The molecule has 4 fully saturated rings. The van der Waals surface area contributed by atoms with Gasteiger partial charge in [0.15, 0.2) is 8.32 Å². The van der Waals surface area contributed by atoms with Crippen LogP contribution < -0.4 is 0 Å². The van der Waals surface area contributed by atoms with Crippen molar-refractivity contribution in [1.29, 1.82) is 0 Å². The van der Waals surface area contributed by atoms with Crippen molar-refractivity contribution in [1.82, 2.24) is 0 Å². The van der Waals surface area contributed by atoms with Crippen LogP contribution in [0, 0.1) is 52.3 Å². The molecule has 0 amide bonds. The van der Waals surface area contributed by atoms with Gasteiger partial charge < -0.3 is 4.43 Å². The molecule has 186 valence electrons. The Balaban J connectivity index is 1.46. The van der Waals surface area contributed by atoms with E-state index in [1.807, 2.05) is 0 Å². The van der Waals surface area contributed by atoms with Gasteiger partial charge in [0.1, 0.15) is 0 Å². The molecule has 4 aliphatic rings. The summed E-state index contributed by atoms with van der Waals surface area (Å²) >= 11 is 0. The molecule has 0 aliphatic heterocycles. The number of hydrogen-bond donors (Lipinski definition) is 0. The third-order valence-corrected chi connectivity index (χ3v) is 12.3. The van der Waals surface area contributed by atoms with Crippen LogP contribution >= 0.6 is 0 Å². The molecule has 0 aromatic heterocycles. The quantitative estimate of drug-likeness (QED) is 0.344. The van der Waals surface area contributed by atoms with Crippen molar-refractivity contribution in [3.63, 3.8) is 0 Å². The van der Waals surface area contributed by atoms with E-state index in [0.717, 1.165) is 41.4 Å². The van der Waals surface area contributed by atoms with Crippen LogP contribution in [0.25, 0.3) is 0 Å². The van der Waals surface area contributed by atoms with E-state index in [-0.39, 0.29) is 0 Å². The summed E-state index contributed by atoms with van der Waals surface area (Å²) in [4.78, 5) is 0. The van der Waals surface area contributed by atoms with Crippen LogP contribution in [0.1, 0.15) is 112 Å². The maximum absolute atomic E-state index is 6.72. The normalized spacial score (nSPS) is 45.3. The van der Waals surface area contributed by atoms with Crippen LogP contribution in [-0.4, -0.2) is 14.4 Å². The summed E-state index contributed by atoms with van der Waals surface area (Å²) in [5.74, 6) is 6.74. The van der Waals surface area contributed by atoms with Gasteiger partial charge in [0, 0.05) is 6.10 Å². The van der Waals surface area contributed by atoms with Gasteiger partial charge in [-0.3, -0.25) is 0 Å². The third-order valence-electron chi connectivity index (χ3n) is 11.3. The Morgan fingerprint density at radius 3 is 2.19 bits per heavy atom. The highest BCUT2D eigenvalue weighted by molar-refractivity contribution is 6.69. The van der Waals surface area contributed by atoms with Gasteiger partial charge in [-0.05, 0) is 130 Å². The smallest absolute Gasteiger partial charge is 0.184 e. The largest absolute Gasteiger partial charge is 0.415 e. The van der Waals surface area contributed by atoms with E-state index < -0.39 is 8.32 Å². The first-order valence-corrected chi connectivity index (χ1v) is 18.0. The average Bonchev–Trinajstić information content (AvgIpc) is 3.03. The second-order valence-electron chi connectivity index (χ2n) is 14.8. The zero-order valence-electron chi connectivity index (χ0n) is 23.0. The molecule has 0 heterocycles. The van der Waals surface area contributed by atoms with Gasteiger partial charge in [0.25, 0.3) is 0 Å². The van der Waals surface area contributed by atoms with Crippen molar-refractivity contribution in [2.24, 2.45) is 52.3 Å². The van der Waals surface area contributed by atoms with Crippen LogP contribution in [0.4, 0.5) is 0 Å². The van der Waals surface area contributed by atoms with E-state index in [9.17, 15) is 0 Å². The fourth-order valence-electron chi connectivity index (χ4n) is 9.93. The summed E-state index contributed by atoms with van der Waals surface area (Å²) in [6.45, 7) is 20.0. The van der Waals surface area contributed by atoms with Crippen LogP contribution in [0.3, 0.4) is 0 Å². The maximum Gasteiger partial charge on any atom is 0.184 e. The van der Waals surface area contributed by atoms with Crippen molar-refractivity contribution in [2.75, 3.05) is 0 Å². The monoisotopic (exact) mass is 460 g/mol. The Labute approximate surface area is 202 Å². The van der Waals surface area contributed by atoms with E-state index in [2.05, 4.69) is 54.3 Å². The molecule has 0 unspecified atom stereocenters. The summed E-state index contributed by atoms with van der Waals surface area (Å²) in [6.07, 6.45) is 18.1. The van der Waals surface area contributed by atoms with Crippen molar-refractivity contribution < 1.29 is 4.43 Å². The predicted molar refractivity (Wildman–Crippen MR) is 141 cm³/mol. The van der Waals surface area contributed by atoms with Crippen molar-refractivity contribution in [3.8, 4) is 0 Å². The Kier molecular flexibility index (Phi) is 7.37. The molecule has 0 aromatic carbocycles. The average molecular weight is 461 g/mol. The standard InChI is InChI=1S/C30H56OSi/c1-21(2)10-9-11-22(3)26-16-17-27-25-15-13-23-12-14-24(31-32(6,7)8)20-30(23,5)28(25)18-19-29(26,27)4/h21-28H,9-20H2,1-8H3/t22-,23-,24-,25+,26-,27+,28+,29-,30+/m1/s1. The molecular formula is C30H56OSi. The van der Waals surface area contributed by atoms with Crippen LogP contribution in [0.5, 0.6) is 0 Å². The van der Waals surface area contributed by atoms with Gasteiger partial charge in [0.2, 0.25) is 0 Å². The first-order valence-electron chi connectivity index (χ1n) is 14.6. The molecule has 9 atom stereocenters. The first kappa shape index (κ1) is 25.3. The minimum Gasteiger partial charge on any atom is -0.415 e. The highest BCUT2D eigenvalue weighted by Gasteiger charge is 2.60. The second kappa shape index (κ2) is 9.33. The highest BCUT2D eigenvalue weighted by Crippen LogP contribution is 2.68. The Morgan fingerprint density at radius 2 is 1.50 bits per heavy atom. The Hall–Kier alpha value is 0.177. The van der Waals surface area contributed by atoms with Gasteiger partial charge in [0.05, 0.1) is 0 Å². The van der Waals surface area contributed by atoms with E-state index in [0.29, 0.717) is 16.9 Å². The van der Waals surface area contributed by atoms with E-state index in [4.69, 9.17) is 4.43 Å². The molecule has 4 aliphatic carbocycles. The second-order valence-corrected chi connectivity index (χ2v) is 19.3. The number of fused-ring (bicyclic) bond motifs is 5. The molecule has 4 saturated carbocycles. The topological polar surface area (TPSA) is 9.23 Å². The minimum atomic E-state index is -1.45. The molecule has 0 N–H and O–H groups in total. The summed E-state index contributed by atoms with van der Waals surface area (Å²) in [7, 11) is -1.45. The molecule has 0 bridgehead atoms. The molecule has 32 heavy (non-hydrogen) atoms. The zero-order chi connectivity index (χ0) is 23.3. The molecule has 0 saturated heterocycles. The van der Waals surface area contributed by atoms with E-state index in [1.165, 1.54) is 70.6 Å². The molecule has 0 aromatic rings. The summed E-state index contributed by atoms with van der Waals surface area (Å²) in [5.41, 5.74) is 1.18. The summed E-state index contributed by atoms with van der Waals surface area (Å²) < 4.78 is 6.72. The molecule has 4 rings (SSSR count). The van der Waals surface area contributed by atoms with Gasteiger partial charge in [-0.25, -0.2) is 0 Å². The van der Waals surface area contributed by atoms with Gasteiger partial charge in [-0.1, -0.05) is 53.9 Å². The minimum absolute atomic E-state index is 0.548. The van der Waals surface area contributed by atoms with Crippen LogP contribution in [0.2, 0.25) is 19.6 Å². The highest BCUT2D eigenvalue weighted by atomic mass is 28.4. The zero-order valence-corrected chi connectivity index (χ0v) is 24.0. The molecule has 0 spiro atoms. The molecule has 0 radical (unpaired) electrons. The van der Waals surface area contributed by atoms with Crippen molar-refractivity contribution in [2.45, 2.75) is 137 Å². The lowest BCUT2D eigenvalue weighted by Crippen LogP contribution is -2.55. The van der Waals surface area contributed by atoms with Crippen LogP contribution in [-0.2, 0) is 4.43 Å². The first-order chi connectivity index (χ1) is 14.9.